The monoisotopic (exact) mass is 177 g/mol. The lowest BCUT2D eigenvalue weighted by Gasteiger charge is -2.14. The molecule has 0 radical (unpaired) electrons. The van der Waals surface area contributed by atoms with Crippen molar-refractivity contribution in [2.75, 3.05) is 19.7 Å². The molecule has 0 saturated heterocycles. The van der Waals surface area contributed by atoms with E-state index in [2.05, 4.69) is 19.2 Å². The maximum atomic E-state index is 5.43. The van der Waals surface area contributed by atoms with Crippen LogP contribution < -0.4 is 5.32 Å². The fourth-order valence-corrected chi connectivity index (χ4v) is 0.862. The smallest absolute Gasteiger partial charge is 0.0696 e. The van der Waals surface area contributed by atoms with Crippen molar-refractivity contribution in [2.45, 2.75) is 47.1 Å². The second kappa shape index (κ2) is 13.5. The summed E-state index contributed by atoms with van der Waals surface area (Å²) in [4.78, 5) is 0. The SMILES string of the molecule is CC.CCNCC(CC)OCC.[HH]. The predicted octanol–water partition coefficient (Wildman–Crippen LogP) is 2.68. The van der Waals surface area contributed by atoms with Crippen LogP contribution in [0, 0.1) is 0 Å². The zero-order valence-corrected chi connectivity index (χ0v) is 9.31. The van der Waals surface area contributed by atoms with E-state index in [4.69, 9.17) is 4.74 Å². The molecule has 0 aliphatic rings. The lowest BCUT2D eigenvalue weighted by Crippen LogP contribution is -2.28. The van der Waals surface area contributed by atoms with Crippen LogP contribution in [-0.4, -0.2) is 25.8 Å². The quantitative estimate of drug-likeness (QED) is 0.673. The van der Waals surface area contributed by atoms with Gasteiger partial charge in [0.1, 0.15) is 0 Å². The Morgan fingerprint density at radius 2 is 1.83 bits per heavy atom. The highest BCUT2D eigenvalue weighted by atomic mass is 16.5. The molecule has 1 atom stereocenters. The van der Waals surface area contributed by atoms with Crippen LogP contribution in [0.1, 0.15) is 42.5 Å². The van der Waals surface area contributed by atoms with Crippen molar-refractivity contribution in [3.63, 3.8) is 0 Å². The van der Waals surface area contributed by atoms with Crippen LogP contribution in [0.2, 0.25) is 0 Å². The Morgan fingerprint density at radius 1 is 1.25 bits per heavy atom. The van der Waals surface area contributed by atoms with Gasteiger partial charge in [-0.2, -0.15) is 0 Å². The summed E-state index contributed by atoms with van der Waals surface area (Å²) in [6, 6.07) is 0. The average Bonchev–Trinajstić information content (AvgIpc) is 2.15. The first-order chi connectivity index (χ1) is 5.85. The number of hydrogen-bond donors (Lipinski definition) is 1. The van der Waals surface area contributed by atoms with E-state index in [0.29, 0.717) is 6.10 Å². The first kappa shape index (κ1) is 14.4. The van der Waals surface area contributed by atoms with Gasteiger partial charge in [-0.05, 0) is 19.9 Å². The van der Waals surface area contributed by atoms with Gasteiger partial charge in [-0.25, -0.2) is 0 Å². The highest BCUT2D eigenvalue weighted by molar-refractivity contribution is 4.57. The van der Waals surface area contributed by atoms with Crippen molar-refractivity contribution in [2.24, 2.45) is 0 Å². The highest BCUT2D eigenvalue weighted by Gasteiger charge is 2.02. The summed E-state index contributed by atoms with van der Waals surface area (Å²) in [7, 11) is 0. The van der Waals surface area contributed by atoms with E-state index in [1.807, 2.05) is 20.8 Å². The molecule has 0 amide bonds. The Bertz CT molecular complexity index is 71.9. The third-order valence-corrected chi connectivity index (χ3v) is 1.48. The highest BCUT2D eigenvalue weighted by Crippen LogP contribution is 1.94. The normalized spacial score (nSPS) is 11.8. The van der Waals surface area contributed by atoms with Crippen molar-refractivity contribution in [3.8, 4) is 0 Å². The first-order valence-electron chi connectivity index (χ1n) is 5.17. The molecule has 0 spiro atoms. The van der Waals surface area contributed by atoms with E-state index in [9.17, 15) is 0 Å². The summed E-state index contributed by atoms with van der Waals surface area (Å²) >= 11 is 0. The van der Waals surface area contributed by atoms with Crippen molar-refractivity contribution in [1.82, 2.24) is 5.32 Å². The Kier molecular flexibility index (Phi) is 16.3. The molecule has 0 aliphatic heterocycles. The Balaban J connectivity index is -0.000000309. The minimum absolute atomic E-state index is 0. The number of hydrogen-bond acceptors (Lipinski definition) is 2. The summed E-state index contributed by atoms with van der Waals surface area (Å²) in [5.74, 6) is 0. The zero-order chi connectivity index (χ0) is 9.82. The van der Waals surface area contributed by atoms with E-state index in [1.54, 1.807) is 0 Å². The Hall–Kier alpha value is -0.0800. The Morgan fingerprint density at radius 3 is 2.17 bits per heavy atom. The Labute approximate surface area is 79.2 Å². The molecule has 0 rings (SSSR count). The standard InChI is InChI=1S/C8H19NO.C2H6.H2/c1-4-8(10-6-3)7-9-5-2;1-2;/h8-9H,4-7H2,1-3H3;1-2H3;1H. The maximum Gasteiger partial charge on any atom is 0.0696 e. The van der Waals surface area contributed by atoms with Crippen LogP contribution in [0.3, 0.4) is 0 Å². The number of rotatable bonds is 6. The fourth-order valence-electron chi connectivity index (χ4n) is 0.862. The molecule has 0 aliphatic carbocycles. The van der Waals surface area contributed by atoms with E-state index in [-0.39, 0.29) is 1.43 Å². The topological polar surface area (TPSA) is 21.3 Å². The second-order valence-corrected chi connectivity index (χ2v) is 2.29. The number of likely N-dealkylation sites (N-methyl/N-ethyl adjacent to an activating group) is 1. The van der Waals surface area contributed by atoms with Crippen LogP contribution in [0.25, 0.3) is 0 Å². The summed E-state index contributed by atoms with van der Waals surface area (Å²) < 4.78 is 5.43. The summed E-state index contributed by atoms with van der Waals surface area (Å²) in [5.41, 5.74) is 0. The molecule has 0 heterocycles. The largest absolute Gasteiger partial charge is 0.377 e. The molecule has 0 aromatic carbocycles. The van der Waals surface area contributed by atoms with E-state index < -0.39 is 0 Å². The van der Waals surface area contributed by atoms with E-state index >= 15 is 0 Å². The van der Waals surface area contributed by atoms with E-state index in [0.717, 1.165) is 26.1 Å². The molecule has 78 valence electrons. The maximum absolute atomic E-state index is 5.43. The molecule has 2 nitrogen and oxygen atoms in total. The average molecular weight is 177 g/mol. The second-order valence-electron chi connectivity index (χ2n) is 2.29. The minimum atomic E-state index is 0. The first-order valence-corrected chi connectivity index (χ1v) is 5.17. The molecule has 2 heteroatoms. The molecule has 0 fully saturated rings. The van der Waals surface area contributed by atoms with Gasteiger partial charge in [0.2, 0.25) is 0 Å². The van der Waals surface area contributed by atoms with Gasteiger partial charge in [-0.1, -0.05) is 27.7 Å². The van der Waals surface area contributed by atoms with Gasteiger partial charge < -0.3 is 10.1 Å². The van der Waals surface area contributed by atoms with Crippen LogP contribution in [0.4, 0.5) is 0 Å². The molecule has 1 N–H and O–H groups in total. The van der Waals surface area contributed by atoms with Crippen LogP contribution >= 0.6 is 0 Å². The van der Waals surface area contributed by atoms with Crippen molar-refractivity contribution < 1.29 is 6.16 Å². The third kappa shape index (κ3) is 9.92. The third-order valence-electron chi connectivity index (χ3n) is 1.48. The van der Waals surface area contributed by atoms with Crippen LogP contribution in [-0.2, 0) is 4.74 Å². The fraction of sp³-hybridized carbons (Fsp3) is 1.00. The van der Waals surface area contributed by atoms with Crippen molar-refractivity contribution in [1.29, 1.82) is 0 Å². The molecule has 0 bridgehead atoms. The molecule has 0 saturated carbocycles. The zero-order valence-electron chi connectivity index (χ0n) is 9.31. The minimum Gasteiger partial charge on any atom is -0.377 e. The number of ether oxygens (including phenoxy) is 1. The molecular formula is C10H27NO. The predicted molar refractivity (Wildman–Crippen MR) is 57.7 cm³/mol. The van der Waals surface area contributed by atoms with Crippen molar-refractivity contribution >= 4 is 0 Å². The number of nitrogens with one attached hydrogen (secondary N) is 1. The van der Waals surface area contributed by atoms with Gasteiger partial charge >= 0.3 is 0 Å². The van der Waals surface area contributed by atoms with E-state index in [1.165, 1.54) is 0 Å². The molecule has 0 aromatic rings. The summed E-state index contributed by atoms with van der Waals surface area (Å²) in [6.07, 6.45) is 1.51. The molecule has 12 heavy (non-hydrogen) atoms. The van der Waals surface area contributed by atoms with Crippen LogP contribution in [0.5, 0.6) is 0 Å². The summed E-state index contributed by atoms with van der Waals surface area (Å²) in [5, 5.41) is 3.26. The van der Waals surface area contributed by atoms with Crippen LogP contribution in [0.15, 0.2) is 0 Å². The van der Waals surface area contributed by atoms with Gasteiger partial charge in [0, 0.05) is 14.6 Å². The van der Waals surface area contributed by atoms with Gasteiger partial charge in [0.05, 0.1) is 6.10 Å². The summed E-state index contributed by atoms with van der Waals surface area (Å²) in [6.45, 7) is 13.1. The van der Waals surface area contributed by atoms with Crippen molar-refractivity contribution in [3.05, 3.63) is 0 Å². The van der Waals surface area contributed by atoms with Gasteiger partial charge in [-0.15, -0.1) is 0 Å². The molecular weight excluding hydrogens is 150 g/mol. The van der Waals surface area contributed by atoms with Gasteiger partial charge in [-0.3, -0.25) is 0 Å². The van der Waals surface area contributed by atoms with Gasteiger partial charge in [0.15, 0.2) is 0 Å². The molecule has 1 unspecified atom stereocenters. The van der Waals surface area contributed by atoms with Gasteiger partial charge in [0.25, 0.3) is 0 Å². The lowest BCUT2D eigenvalue weighted by molar-refractivity contribution is 0.0606. The lowest BCUT2D eigenvalue weighted by atomic mass is 10.3. The molecule has 0 aromatic heterocycles.